The molecule has 10 heteroatoms. The summed E-state index contributed by atoms with van der Waals surface area (Å²) in [5, 5.41) is 9.10. The van der Waals surface area contributed by atoms with Gasteiger partial charge in [-0.2, -0.15) is 4.98 Å². The fourth-order valence-corrected chi connectivity index (χ4v) is 3.38. The number of hydrogen-bond acceptors (Lipinski definition) is 7. The topological polar surface area (TPSA) is 97.8 Å². The van der Waals surface area contributed by atoms with Crippen LogP contribution in [0.5, 0.6) is 0 Å². The number of anilines is 1. The van der Waals surface area contributed by atoms with Crippen molar-refractivity contribution in [1.82, 2.24) is 23.6 Å². The molecule has 0 saturated carbocycles. The highest BCUT2D eigenvalue weighted by Gasteiger charge is 2.25. The molecule has 0 spiro atoms. The van der Waals surface area contributed by atoms with Gasteiger partial charge >= 0.3 is 5.69 Å². The van der Waals surface area contributed by atoms with Crippen molar-refractivity contribution in [3.8, 4) is 0 Å². The second-order valence-electron chi connectivity index (χ2n) is 6.49. The van der Waals surface area contributed by atoms with Crippen molar-refractivity contribution < 1.29 is 9.84 Å². The predicted octanol–water partition coefficient (Wildman–Crippen LogP) is -1.81. The van der Waals surface area contributed by atoms with Gasteiger partial charge in [0.15, 0.2) is 11.2 Å². The van der Waals surface area contributed by atoms with Crippen LogP contribution in [-0.2, 0) is 25.4 Å². The fourth-order valence-electron chi connectivity index (χ4n) is 3.38. The van der Waals surface area contributed by atoms with E-state index in [0.29, 0.717) is 36.8 Å². The van der Waals surface area contributed by atoms with Crippen LogP contribution >= 0.6 is 0 Å². The van der Waals surface area contributed by atoms with Gasteiger partial charge in [-0.25, -0.2) is 4.79 Å². The first kappa shape index (κ1) is 18.6. The average molecular weight is 366 g/mol. The van der Waals surface area contributed by atoms with Crippen molar-refractivity contribution in [2.24, 2.45) is 14.1 Å². The van der Waals surface area contributed by atoms with Crippen molar-refractivity contribution in [3.63, 3.8) is 0 Å². The van der Waals surface area contributed by atoms with Crippen LogP contribution in [0.1, 0.15) is 0 Å². The lowest BCUT2D eigenvalue weighted by Crippen LogP contribution is -2.48. The molecule has 10 nitrogen and oxygen atoms in total. The molecule has 2 aromatic heterocycles. The molecule has 1 aliphatic heterocycles. The zero-order valence-corrected chi connectivity index (χ0v) is 15.5. The lowest BCUT2D eigenvalue weighted by molar-refractivity contribution is 0.184. The number of rotatable bonds is 6. The van der Waals surface area contributed by atoms with Gasteiger partial charge in [-0.15, -0.1) is 0 Å². The van der Waals surface area contributed by atoms with Crippen LogP contribution in [-0.4, -0.2) is 81.7 Å². The Hall–Kier alpha value is -2.17. The first-order valence-corrected chi connectivity index (χ1v) is 8.73. The van der Waals surface area contributed by atoms with Crippen molar-refractivity contribution in [2.45, 2.75) is 6.54 Å². The number of aliphatic hydroxyl groups is 1. The summed E-state index contributed by atoms with van der Waals surface area (Å²) in [5.41, 5.74) is 0.0662. The number of hydrogen-bond donors (Lipinski definition) is 1. The fraction of sp³-hybridized carbons (Fsp3) is 0.688. The van der Waals surface area contributed by atoms with E-state index >= 15 is 0 Å². The number of imidazole rings is 1. The summed E-state index contributed by atoms with van der Waals surface area (Å²) in [4.78, 5) is 33.9. The highest BCUT2D eigenvalue weighted by atomic mass is 16.5. The van der Waals surface area contributed by atoms with E-state index in [4.69, 9.17) is 9.84 Å². The number of methoxy groups -OCH3 is 1. The Labute approximate surface area is 150 Å². The van der Waals surface area contributed by atoms with Crippen LogP contribution in [0, 0.1) is 0 Å². The lowest BCUT2D eigenvalue weighted by Gasteiger charge is -2.35. The number of aromatic nitrogens is 4. The smallest absolute Gasteiger partial charge is 0.332 e. The molecule has 0 unspecified atom stereocenters. The van der Waals surface area contributed by atoms with Crippen LogP contribution in [0.2, 0.25) is 0 Å². The van der Waals surface area contributed by atoms with E-state index in [1.807, 2.05) is 4.57 Å². The normalized spacial score (nSPS) is 15.9. The molecule has 26 heavy (non-hydrogen) atoms. The Morgan fingerprint density at radius 1 is 1.08 bits per heavy atom. The number of nitrogens with zero attached hydrogens (tertiary/aromatic N) is 6. The molecule has 1 saturated heterocycles. The average Bonchev–Trinajstić information content (AvgIpc) is 3.03. The molecule has 0 amide bonds. The van der Waals surface area contributed by atoms with Crippen LogP contribution in [0.4, 0.5) is 5.95 Å². The van der Waals surface area contributed by atoms with Gasteiger partial charge in [0.05, 0.1) is 13.2 Å². The highest BCUT2D eigenvalue weighted by Crippen LogP contribution is 2.21. The number of aliphatic hydroxyl groups excluding tert-OH is 1. The molecule has 0 aliphatic carbocycles. The van der Waals surface area contributed by atoms with Crippen LogP contribution in [0.25, 0.3) is 11.2 Å². The second kappa shape index (κ2) is 7.60. The number of β-amino-alcohol motifs (C(OH)–C–C–N with tert-alkyl or cyclic N) is 1. The van der Waals surface area contributed by atoms with Gasteiger partial charge in [-0.05, 0) is 0 Å². The third kappa shape index (κ3) is 3.15. The summed E-state index contributed by atoms with van der Waals surface area (Å²) in [6.45, 7) is 4.82. The monoisotopic (exact) mass is 366 g/mol. The molecular weight excluding hydrogens is 340 g/mol. The Morgan fingerprint density at radius 3 is 2.38 bits per heavy atom. The standard InChI is InChI=1S/C16H26N6O4/c1-18-13-12(14(24)19(2)16(18)25)22(9-11-26-3)15(17-13)21-6-4-20(5-7-21)8-10-23/h23H,4-11H2,1-3H3. The quantitative estimate of drug-likeness (QED) is 0.644. The summed E-state index contributed by atoms with van der Waals surface area (Å²) in [6.07, 6.45) is 0. The predicted molar refractivity (Wildman–Crippen MR) is 97.8 cm³/mol. The van der Waals surface area contributed by atoms with E-state index < -0.39 is 5.69 Å². The van der Waals surface area contributed by atoms with Crippen LogP contribution in [0.15, 0.2) is 9.59 Å². The van der Waals surface area contributed by atoms with E-state index in [-0.39, 0.29) is 12.2 Å². The number of aryl methyl sites for hydroxylation is 1. The van der Waals surface area contributed by atoms with E-state index in [0.717, 1.165) is 30.7 Å². The zero-order valence-electron chi connectivity index (χ0n) is 15.5. The van der Waals surface area contributed by atoms with Crippen LogP contribution in [0.3, 0.4) is 0 Å². The molecule has 0 bridgehead atoms. The maximum Gasteiger partial charge on any atom is 0.332 e. The van der Waals surface area contributed by atoms with Gasteiger partial charge < -0.3 is 19.3 Å². The lowest BCUT2D eigenvalue weighted by atomic mass is 10.3. The van der Waals surface area contributed by atoms with E-state index in [1.54, 1.807) is 14.2 Å². The zero-order chi connectivity index (χ0) is 18.8. The third-order valence-electron chi connectivity index (χ3n) is 4.92. The maximum atomic E-state index is 12.7. The molecule has 1 N–H and O–H groups in total. The van der Waals surface area contributed by atoms with E-state index in [1.165, 1.54) is 11.6 Å². The molecule has 3 heterocycles. The largest absolute Gasteiger partial charge is 0.395 e. The minimum absolute atomic E-state index is 0.143. The maximum absolute atomic E-state index is 12.7. The Morgan fingerprint density at radius 2 is 1.77 bits per heavy atom. The molecule has 1 fully saturated rings. The van der Waals surface area contributed by atoms with E-state index in [9.17, 15) is 9.59 Å². The summed E-state index contributed by atoms with van der Waals surface area (Å²) >= 11 is 0. The molecule has 0 radical (unpaired) electrons. The number of piperazine rings is 1. The van der Waals surface area contributed by atoms with Gasteiger partial charge in [-0.3, -0.25) is 18.8 Å². The summed E-state index contributed by atoms with van der Waals surface area (Å²) in [6, 6.07) is 0. The first-order chi connectivity index (χ1) is 12.5. The van der Waals surface area contributed by atoms with Crippen LogP contribution < -0.4 is 16.1 Å². The van der Waals surface area contributed by atoms with Crippen molar-refractivity contribution in [2.75, 3.05) is 57.9 Å². The molecule has 3 rings (SSSR count). The molecular formula is C16H26N6O4. The summed E-state index contributed by atoms with van der Waals surface area (Å²) in [7, 11) is 4.71. The molecule has 0 aromatic carbocycles. The molecule has 144 valence electrons. The van der Waals surface area contributed by atoms with E-state index in [2.05, 4.69) is 14.8 Å². The molecule has 1 aliphatic rings. The van der Waals surface area contributed by atoms with Gasteiger partial charge in [0.25, 0.3) is 5.56 Å². The Balaban J connectivity index is 2.07. The molecule has 0 atom stereocenters. The second-order valence-corrected chi connectivity index (χ2v) is 6.49. The third-order valence-corrected chi connectivity index (χ3v) is 4.92. The van der Waals surface area contributed by atoms with Crippen molar-refractivity contribution >= 4 is 17.1 Å². The van der Waals surface area contributed by atoms with Gasteiger partial charge in [0, 0.05) is 60.5 Å². The first-order valence-electron chi connectivity index (χ1n) is 8.73. The highest BCUT2D eigenvalue weighted by molar-refractivity contribution is 5.74. The van der Waals surface area contributed by atoms with Crippen molar-refractivity contribution in [1.29, 1.82) is 0 Å². The van der Waals surface area contributed by atoms with Gasteiger partial charge in [-0.1, -0.05) is 0 Å². The minimum Gasteiger partial charge on any atom is -0.395 e. The van der Waals surface area contributed by atoms with Crippen molar-refractivity contribution in [3.05, 3.63) is 20.8 Å². The SMILES string of the molecule is COCCn1c(N2CCN(CCO)CC2)nc2c1c(=O)n(C)c(=O)n2C. The molecule has 2 aromatic rings. The van der Waals surface area contributed by atoms with Gasteiger partial charge in [0.2, 0.25) is 5.95 Å². The Kier molecular flexibility index (Phi) is 5.44. The minimum atomic E-state index is -0.391. The number of ether oxygens (including phenoxy) is 1. The number of fused-ring (bicyclic) bond motifs is 1. The Bertz CT molecular complexity index is 891. The van der Waals surface area contributed by atoms with Gasteiger partial charge in [0.1, 0.15) is 0 Å². The summed E-state index contributed by atoms with van der Waals surface area (Å²) in [5.74, 6) is 0.680. The summed E-state index contributed by atoms with van der Waals surface area (Å²) < 4.78 is 9.56.